The molecule has 0 spiro atoms. The molecule has 1 aliphatic rings. The standard InChI is InChI=1S/C14H22N2O3/c1-3-18-10-12-5-4-6-16(9-12)14(17)8-13-7-11(2)19-15-13/h7,12H,3-6,8-10H2,1-2H3. The molecule has 0 aromatic carbocycles. The highest BCUT2D eigenvalue weighted by molar-refractivity contribution is 5.78. The van der Waals surface area contributed by atoms with Crippen LogP contribution in [0, 0.1) is 12.8 Å². The van der Waals surface area contributed by atoms with Crippen LogP contribution < -0.4 is 0 Å². The summed E-state index contributed by atoms with van der Waals surface area (Å²) in [6, 6.07) is 1.82. The van der Waals surface area contributed by atoms with Crippen molar-refractivity contribution in [2.45, 2.75) is 33.1 Å². The van der Waals surface area contributed by atoms with E-state index in [0.29, 0.717) is 12.3 Å². The number of nitrogens with zero attached hydrogens (tertiary/aromatic N) is 2. The molecule has 2 heterocycles. The van der Waals surface area contributed by atoms with Gasteiger partial charge in [0, 0.05) is 25.8 Å². The average molecular weight is 266 g/mol. The van der Waals surface area contributed by atoms with E-state index in [1.165, 1.54) is 0 Å². The summed E-state index contributed by atoms with van der Waals surface area (Å²) in [4.78, 5) is 14.1. The predicted molar refractivity (Wildman–Crippen MR) is 70.7 cm³/mol. The minimum atomic E-state index is 0.134. The van der Waals surface area contributed by atoms with Crippen molar-refractivity contribution < 1.29 is 14.1 Å². The number of aromatic nitrogens is 1. The van der Waals surface area contributed by atoms with Crippen LogP contribution in [0.5, 0.6) is 0 Å². The first-order valence-electron chi connectivity index (χ1n) is 6.96. The molecule has 1 fully saturated rings. The lowest BCUT2D eigenvalue weighted by Gasteiger charge is -2.32. The Balaban J connectivity index is 1.84. The summed E-state index contributed by atoms with van der Waals surface area (Å²) >= 11 is 0. The first-order valence-corrected chi connectivity index (χ1v) is 6.96. The number of carbonyl (C=O) groups excluding carboxylic acids is 1. The van der Waals surface area contributed by atoms with Crippen LogP contribution in [0.25, 0.3) is 0 Å². The van der Waals surface area contributed by atoms with Crippen molar-refractivity contribution in [3.63, 3.8) is 0 Å². The van der Waals surface area contributed by atoms with Crippen LogP contribution in [-0.4, -0.2) is 42.3 Å². The molecule has 106 valence electrons. The summed E-state index contributed by atoms with van der Waals surface area (Å²) < 4.78 is 10.4. The van der Waals surface area contributed by atoms with Crippen molar-refractivity contribution in [1.29, 1.82) is 0 Å². The molecule has 19 heavy (non-hydrogen) atoms. The molecular formula is C14H22N2O3. The van der Waals surface area contributed by atoms with Gasteiger partial charge in [0.15, 0.2) is 0 Å². The van der Waals surface area contributed by atoms with E-state index < -0.39 is 0 Å². The smallest absolute Gasteiger partial charge is 0.228 e. The Morgan fingerprint density at radius 1 is 1.63 bits per heavy atom. The number of aryl methyl sites for hydroxylation is 1. The third-order valence-electron chi connectivity index (χ3n) is 3.44. The number of rotatable bonds is 5. The zero-order chi connectivity index (χ0) is 13.7. The summed E-state index contributed by atoms with van der Waals surface area (Å²) in [6.07, 6.45) is 2.53. The van der Waals surface area contributed by atoms with Crippen LogP contribution in [0.2, 0.25) is 0 Å². The van der Waals surface area contributed by atoms with Gasteiger partial charge in [-0.25, -0.2) is 0 Å². The first-order chi connectivity index (χ1) is 9.19. The molecule has 1 atom stereocenters. The fourth-order valence-electron chi connectivity index (χ4n) is 2.48. The van der Waals surface area contributed by atoms with Gasteiger partial charge in [-0.3, -0.25) is 4.79 Å². The molecule has 0 aliphatic carbocycles. The molecule has 1 unspecified atom stereocenters. The number of hydrogen-bond donors (Lipinski definition) is 0. The summed E-state index contributed by atoms with van der Waals surface area (Å²) in [5.74, 6) is 1.35. The van der Waals surface area contributed by atoms with E-state index in [0.717, 1.165) is 50.6 Å². The van der Waals surface area contributed by atoms with Crippen LogP contribution in [0.3, 0.4) is 0 Å². The minimum Gasteiger partial charge on any atom is -0.381 e. The molecule has 2 rings (SSSR count). The Labute approximate surface area is 113 Å². The number of amides is 1. The topological polar surface area (TPSA) is 55.6 Å². The Morgan fingerprint density at radius 2 is 2.47 bits per heavy atom. The fraction of sp³-hybridized carbons (Fsp3) is 0.714. The van der Waals surface area contributed by atoms with Crippen LogP contribution in [0.4, 0.5) is 0 Å². The van der Waals surface area contributed by atoms with Crippen LogP contribution in [-0.2, 0) is 16.0 Å². The monoisotopic (exact) mass is 266 g/mol. The van der Waals surface area contributed by atoms with Crippen molar-refractivity contribution in [2.24, 2.45) is 5.92 Å². The molecule has 0 radical (unpaired) electrons. The van der Waals surface area contributed by atoms with Gasteiger partial charge < -0.3 is 14.2 Å². The van der Waals surface area contributed by atoms with Gasteiger partial charge in [-0.05, 0) is 32.6 Å². The zero-order valence-corrected chi connectivity index (χ0v) is 11.7. The molecule has 0 N–H and O–H groups in total. The highest BCUT2D eigenvalue weighted by Gasteiger charge is 2.24. The van der Waals surface area contributed by atoms with E-state index >= 15 is 0 Å². The molecule has 1 aliphatic heterocycles. The van der Waals surface area contributed by atoms with Gasteiger partial charge in [0.2, 0.25) is 5.91 Å². The highest BCUT2D eigenvalue weighted by atomic mass is 16.5. The summed E-state index contributed by atoms with van der Waals surface area (Å²) in [5.41, 5.74) is 0.717. The normalized spacial score (nSPS) is 19.7. The Kier molecular flexibility index (Phi) is 4.96. The Morgan fingerprint density at radius 3 is 3.16 bits per heavy atom. The third-order valence-corrected chi connectivity index (χ3v) is 3.44. The van der Waals surface area contributed by atoms with Gasteiger partial charge in [-0.15, -0.1) is 0 Å². The van der Waals surface area contributed by atoms with Crippen molar-refractivity contribution >= 4 is 5.91 Å². The van der Waals surface area contributed by atoms with E-state index in [1.807, 2.05) is 24.8 Å². The van der Waals surface area contributed by atoms with E-state index in [-0.39, 0.29) is 5.91 Å². The molecule has 1 amide bonds. The summed E-state index contributed by atoms with van der Waals surface area (Å²) in [7, 11) is 0. The number of ether oxygens (including phenoxy) is 1. The maximum absolute atomic E-state index is 12.2. The van der Waals surface area contributed by atoms with Gasteiger partial charge >= 0.3 is 0 Å². The molecule has 1 aromatic rings. The lowest BCUT2D eigenvalue weighted by atomic mass is 9.98. The number of piperidine rings is 1. The van der Waals surface area contributed by atoms with Gasteiger partial charge in [0.1, 0.15) is 5.76 Å². The van der Waals surface area contributed by atoms with Gasteiger partial charge in [-0.1, -0.05) is 5.16 Å². The summed E-state index contributed by atoms with van der Waals surface area (Å²) in [5, 5.41) is 3.87. The fourth-order valence-corrected chi connectivity index (χ4v) is 2.48. The quantitative estimate of drug-likeness (QED) is 0.815. The molecule has 0 bridgehead atoms. The molecule has 1 aromatic heterocycles. The van der Waals surface area contributed by atoms with Gasteiger partial charge in [0.25, 0.3) is 0 Å². The van der Waals surface area contributed by atoms with Crippen LogP contribution >= 0.6 is 0 Å². The lowest BCUT2D eigenvalue weighted by molar-refractivity contribution is -0.132. The second-order valence-electron chi connectivity index (χ2n) is 5.11. The van der Waals surface area contributed by atoms with E-state index in [1.54, 1.807) is 0 Å². The SMILES string of the molecule is CCOCC1CCCN(C(=O)Cc2cc(C)on2)C1. The minimum absolute atomic E-state index is 0.134. The highest BCUT2D eigenvalue weighted by Crippen LogP contribution is 2.18. The largest absolute Gasteiger partial charge is 0.381 e. The number of hydrogen-bond acceptors (Lipinski definition) is 4. The van der Waals surface area contributed by atoms with Crippen molar-refractivity contribution in [3.05, 3.63) is 17.5 Å². The molecule has 5 nitrogen and oxygen atoms in total. The maximum atomic E-state index is 12.2. The van der Waals surface area contributed by atoms with E-state index in [4.69, 9.17) is 9.26 Å². The summed E-state index contributed by atoms with van der Waals surface area (Å²) in [6.45, 7) is 6.97. The van der Waals surface area contributed by atoms with Crippen molar-refractivity contribution in [2.75, 3.05) is 26.3 Å². The third kappa shape index (κ3) is 4.06. The second kappa shape index (κ2) is 6.70. The zero-order valence-electron chi connectivity index (χ0n) is 11.7. The average Bonchev–Trinajstić information content (AvgIpc) is 2.82. The molecule has 1 saturated heterocycles. The molecule has 5 heteroatoms. The van der Waals surface area contributed by atoms with Crippen molar-refractivity contribution in [1.82, 2.24) is 10.1 Å². The van der Waals surface area contributed by atoms with E-state index in [2.05, 4.69) is 5.16 Å². The number of likely N-dealkylation sites (tertiary alicyclic amines) is 1. The molecular weight excluding hydrogens is 244 g/mol. The van der Waals surface area contributed by atoms with Gasteiger partial charge in [-0.2, -0.15) is 0 Å². The molecule has 0 saturated carbocycles. The van der Waals surface area contributed by atoms with Crippen molar-refractivity contribution in [3.8, 4) is 0 Å². The Hall–Kier alpha value is -1.36. The maximum Gasteiger partial charge on any atom is 0.228 e. The van der Waals surface area contributed by atoms with Crippen LogP contribution in [0.15, 0.2) is 10.6 Å². The van der Waals surface area contributed by atoms with E-state index in [9.17, 15) is 4.79 Å². The van der Waals surface area contributed by atoms with Gasteiger partial charge in [0.05, 0.1) is 18.7 Å². The second-order valence-corrected chi connectivity index (χ2v) is 5.11. The first kappa shape index (κ1) is 14.1. The predicted octanol–water partition coefficient (Wildman–Crippen LogP) is 1.80. The Bertz CT molecular complexity index is 417. The lowest BCUT2D eigenvalue weighted by Crippen LogP contribution is -2.42. The van der Waals surface area contributed by atoms with Crippen LogP contribution in [0.1, 0.15) is 31.2 Å². The number of carbonyl (C=O) groups is 1.